The maximum absolute atomic E-state index is 5.33. The van der Waals surface area contributed by atoms with Crippen LogP contribution in [-0.4, -0.2) is 16.9 Å². The zero-order valence-corrected chi connectivity index (χ0v) is 7.86. The van der Waals surface area contributed by atoms with Gasteiger partial charge in [-0.3, -0.25) is 9.98 Å². The number of aromatic nitrogens is 1. The van der Waals surface area contributed by atoms with E-state index in [1.165, 1.54) is 0 Å². The summed E-state index contributed by atoms with van der Waals surface area (Å²) in [5, 5.41) is 0. The molecule has 0 fully saturated rings. The van der Waals surface area contributed by atoms with Crippen molar-refractivity contribution in [3.8, 4) is 0 Å². The lowest BCUT2D eigenvalue weighted by Crippen LogP contribution is -2.32. The normalized spacial score (nSPS) is 11.8. The summed E-state index contributed by atoms with van der Waals surface area (Å²) in [4.78, 5) is 8.41. The number of nitrogens with two attached hydrogens (primary N) is 1. The van der Waals surface area contributed by atoms with Crippen LogP contribution in [0.4, 0.5) is 0 Å². The molecule has 0 aliphatic carbocycles. The third kappa shape index (κ3) is 2.83. The van der Waals surface area contributed by atoms with Gasteiger partial charge in [-0.2, -0.15) is 0 Å². The van der Waals surface area contributed by atoms with Crippen molar-refractivity contribution in [1.82, 2.24) is 10.4 Å². The fraction of sp³-hybridized carbons (Fsp3) is 0.333. The van der Waals surface area contributed by atoms with Crippen LogP contribution in [0, 0.1) is 0 Å². The molecule has 4 nitrogen and oxygen atoms in total. The van der Waals surface area contributed by atoms with Gasteiger partial charge in [0.2, 0.25) is 0 Å². The van der Waals surface area contributed by atoms with E-state index in [0.717, 1.165) is 5.69 Å². The highest BCUT2D eigenvalue weighted by Gasteiger charge is 2.01. The summed E-state index contributed by atoms with van der Waals surface area (Å²) >= 11 is 0. The molecule has 4 heteroatoms. The van der Waals surface area contributed by atoms with Gasteiger partial charge in [-0.15, -0.1) is 0 Å². The van der Waals surface area contributed by atoms with Crippen LogP contribution in [0.1, 0.15) is 19.5 Å². The number of nitrogens with one attached hydrogen (secondary N) is 1. The Morgan fingerprint density at radius 2 is 2.31 bits per heavy atom. The fourth-order valence-corrected chi connectivity index (χ4v) is 0.938. The maximum atomic E-state index is 5.33. The molecular formula is C9H14N4. The summed E-state index contributed by atoms with van der Waals surface area (Å²) in [6, 6.07) is 5.82. The fourth-order valence-electron chi connectivity index (χ4n) is 0.938. The molecule has 0 spiro atoms. The third-order valence-electron chi connectivity index (χ3n) is 1.43. The van der Waals surface area contributed by atoms with E-state index in [1.807, 2.05) is 32.0 Å². The highest BCUT2D eigenvalue weighted by Crippen LogP contribution is 1.96. The smallest absolute Gasteiger partial charge is 0.161 e. The Morgan fingerprint density at radius 3 is 2.77 bits per heavy atom. The number of aliphatic imine (C=N–C) groups is 1. The molecule has 0 unspecified atom stereocenters. The zero-order valence-electron chi connectivity index (χ0n) is 7.86. The average Bonchev–Trinajstić information content (AvgIpc) is 2.15. The summed E-state index contributed by atoms with van der Waals surface area (Å²) in [6.45, 7) is 3.97. The molecule has 1 aromatic rings. The summed E-state index contributed by atoms with van der Waals surface area (Å²) in [6.07, 6.45) is 1.71. The molecule has 70 valence electrons. The summed E-state index contributed by atoms with van der Waals surface area (Å²) in [5.74, 6) is 5.95. The molecule has 1 heterocycles. The number of nitrogens with zero attached hydrogens (tertiary/aromatic N) is 2. The lowest BCUT2D eigenvalue weighted by molar-refractivity contribution is 0.818. The number of pyridine rings is 1. The van der Waals surface area contributed by atoms with E-state index in [4.69, 9.17) is 5.84 Å². The summed E-state index contributed by atoms with van der Waals surface area (Å²) in [5.41, 5.74) is 3.30. The van der Waals surface area contributed by atoms with Gasteiger partial charge in [0.25, 0.3) is 0 Å². The van der Waals surface area contributed by atoms with E-state index in [1.54, 1.807) is 6.20 Å². The van der Waals surface area contributed by atoms with E-state index in [0.29, 0.717) is 5.84 Å². The minimum Gasteiger partial charge on any atom is -0.307 e. The molecule has 0 aromatic carbocycles. The summed E-state index contributed by atoms with van der Waals surface area (Å²) < 4.78 is 0. The number of amidine groups is 1. The Balaban J connectivity index is 2.91. The molecule has 3 N–H and O–H groups in total. The van der Waals surface area contributed by atoms with Gasteiger partial charge in [-0.05, 0) is 26.0 Å². The second-order valence-electron chi connectivity index (χ2n) is 2.93. The molecule has 0 radical (unpaired) electrons. The molecule has 0 aliphatic rings. The van der Waals surface area contributed by atoms with E-state index < -0.39 is 0 Å². The lowest BCUT2D eigenvalue weighted by atomic mass is 10.3. The molecule has 0 saturated carbocycles. The molecule has 0 amide bonds. The van der Waals surface area contributed by atoms with Crippen molar-refractivity contribution in [3.63, 3.8) is 0 Å². The molecular weight excluding hydrogens is 164 g/mol. The molecule has 0 atom stereocenters. The SMILES string of the molecule is CC(C)N=C(NN)c1ccccn1. The Hall–Kier alpha value is -1.42. The first-order valence-corrected chi connectivity index (χ1v) is 4.20. The van der Waals surface area contributed by atoms with Gasteiger partial charge >= 0.3 is 0 Å². The first-order chi connectivity index (χ1) is 6.24. The molecule has 0 aliphatic heterocycles. The second kappa shape index (κ2) is 4.57. The Bertz CT molecular complexity index is 279. The van der Waals surface area contributed by atoms with Crippen molar-refractivity contribution in [2.45, 2.75) is 19.9 Å². The molecule has 1 aromatic heterocycles. The van der Waals surface area contributed by atoms with Gasteiger partial charge in [0.1, 0.15) is 5.69 Å². The number of hydrogen-bond acceptors (Lipinski definition) is 3. The van der Waals surface area contributed by atoms with Crippen molar-refractivity contribution in [2.75, 3.05) is 0 Å². The highest BCUT2D eigenvalue weighted by atomic mass is 15.3. The topological polar surface area (TPSA) is 63.3 Å². The quantitative estimate of drug-likeness (QED) is 0.303. The molecule has 13 heavy (non-hydrogen) atoms. The van der Waals surface area contributed by atoms with Crippen LogP contribution in [0.2, 0.25) is 0 Å². The Kier molecular flexibility index (Phi) is 3.40. The minimum absolute atomic E-state index is 0.202. The first kappa shape index (κ1) is 9.67. The van der Waals surface area contributed by atoms with E-state index >= 15 is 0 Å². The zero-order chi connectivity index (χ0) is 9.68. The molecule has 1 rings (SSSR count). The monoisotopic (exact) mass is 178 g/mol. The van der Waals surface area contributed by atoms with E-state index in [-0.39, 0.29) is 6.04 Å². The number of rotatable bonds is 2. The number of hydrogen-bond donors (Lipinski definition) is 2. The van der Waals surface area contributed by atoms with Crippen molar-refractivity contribution in [1.29, 1.82) is 0 Å². The second-order valence-corrected chi connectivity index (χ2v) is 2.93. The van der Waals surface area contributed by atoms with Crippen LogP contribution in [0.15, 0.2) is 29.4 Å². The van der Waals surface area contributed by atoms with Crippen LogP contribution in [0.5, 0.6) is 0 Å². The van der Waals surface area contributed by atoms with Gasteiger partial charge in [-0.25, -0.2) is 5.84 Å². The van der Waals surface area contributed by atoms with Crippen molar-refractivity contribution in [2.24, 2.45) is 10.8 Å². The largest absolute Gasteiger partial charge is 0.307 e. The predicted molar refractivity (Wildman–Crippen MR) is 53.2 cm³/mol. The Labute approximate surface area is 77.9 Å². The summed E-state index contributed by atoms with van der Waals surface area (Å²) in [7, 11) is 0. The van der Waals surface area contributed by atoms with Gasteiger partial charge in [-0.1, -0.05) is 6.07 Å². The van der Waals surface area contributed by atoms with Gasteiger partial charge in [0.15, 0.2) is 5.84 Å². The predicted octanol–water partition coefficient (Wildman–Crippen LogP) is 0.700. The standard InChI is InChI=1S/C9H14N4/c1-7(2)12-9(13-10)8-5-3-4-6-11-8/h3-7H,10H2,1-2H3,(H,12,13). The Morgan fingerprint density at radius 1 is 1.54 bits per heavy atom. The highest BCUT2D eigenvalue weighted by molar-refractivity contribution is 5.96. The van der Waals surface area contributed by atoms with Crippen LogP contribution in [0.3, 0.4) is 0 Å². The van der Waals surface area contributed by atoms with Crippen LogP contribution in [-0.2, 0) is 0 Å². The average molecular weight is 178 g/mol. The first-order valence-electron chi connectivity index (χ1n) is 4.20. The van der Waals surface area contributed by atoms with Crippen LogP contribution >= 0.6 is 0 Å². The van der Waals surface area contributed by atoms with Gasteiger partial charge in [0.05, 0.1) is 0 Å². The molecule has 0 saturated heterocycles. The molecule has 0 bridgehead atoms. The maximum Gasteiger partial charge on any atom is 0.161 e. The minimum atomic E-state index is 0.202. The number of hydrazine groups is 1. The van der Waals surface area contributed by atoms with Crippen LogP contribution in [0.25, 0.3) is 0 Å². The van der Waals surface area contributed by atoms with Crippen molar-refractivity contribution in [3.05, 3.63) is 30.1 Å². The van der Waals surface area contributed by atoms with E-state index in [2.05, 4.69) is 15.4 Å². The van der Waals surface area contributed by atoms with Gasteiger partial charge < -0.3 is 5.43 Å². The van der Waals surface area contributed by atoms with Gasteiger partial charge in [0, 0.05) is 12.2 Å². The van der Waals surface area contributed by atoms with Crippen molar-refractivity contribution < 1.29 is 0 Å². The van der Waals surface area contributed by atoms with Crippen LogP contribution < -0.4 is 11.3 Å². The third-order valence-corrected chi connectivity index (χ3v) is 1.43. The lowest BCUT2D eigenvalue weighted by Gasteiger charge is -2.05. The van der Waals surface area contributed by atoms with Crippen molar-refractivity contribution >= 4 is 5.84 Å². The van der Waals surface area contributed by atoms with E-state index in [9.17, 15) is 0 Å².